The van der Waals surface area contributed by atoms with Crippen molar-refractivity contribution in [1.82, 2.24) is 10.2 Å². The zero-order valence-corrected chi connectivity index (χ0v) is 14.4. The molecule has 0 radical (unpaired) electrons. The quantitative estimate of drug-likeness (QED) is 0.852. The maximum absolute atomic E-state index is 3.94. The Labute approximate surface area is 131 Å². The van der Waals surface area contributed by atoms with Gasteiger partial charge in [-0.1, -0.05) is 27.7 Å². The normalized spacial score (nSPS) is 47.9. The first kappa shape index (κ1) is 14.5. The second-order valence-electron chi connectivity index (χ2n) is 8.83. The van der Waals surface area contributed by atoms with Crippen molar-refractivity contribution in [2.45, 2.75) is 77.4 Å². The van der Waals surface area contributed by atoms with Gasteiger partial charge >= 0.3 is 0 Å². The average molecular weight is 290 g/mol. The third-order valence-corrected chi connectivity index (χ3v) is 7.80. The molecule has 2 nitrogen and oxygen atoms in total. The lowest BCUT2D eigenvalue weighted by molar-refractivity contribution is 0.0313. The first-order valence-corrected chi connectivity index (χ1v) is 9.61. The van der Waals surface area contributed by atoms with Crippen molar-refractivity contribution in [2.75, 3.05) is 13.1 Å². The van der Waals surface area contributed by atoms with Crippen LogP contribution in [-0.4, -0.2) is 35.6 Å². The first-order valence-electron chi connectivity index (χ1n) is 9.61. The summed E-state index contributed by atoms with van der Waals surface area (Å²) in [6.45, 7) is 12.1. The highest BCUT2D eigenvalue weighted by Crippen LogP contribution is 2.67. The Morgan fingerprint density at radius 2 is 1.71 bits per heavy atom. The highest BCUT2D eigenvalue weighted by molar-refractivity contribution is 5.19. The molecular formula is C19H34N2. The van der Waals surface area contributed by atoms with Crippen LogP contribution in [0, 0.1) is 29.6 Å². The van der Waals surface area contributed by atoms with Crippen LogP contribution in [0.4, 0.5) is 0 Å². The summed E-state index contributed by atoms with van der Waals surface area (Å²) in [4.78, 5) is 2.99. The summed E-state index contributed by atoms with van der Waals surface area (Å²) in [5.41, 5.74) is 0.390. The molecule has 0 aromatic heterocycles. The average Bonchev–Trinajstić information content (AvgIpc) is 2.93. The lowest BCUT2D eigenvalue weighted by Crippen LogP contribution is -2.66. The van der Waals surface area contributed by atoms with E-state index in [9.17, 15) is 0 Å². The number of nitrogens with zero attached hydrogens (tertiary/aromatic N) is 1. The summed E-state index contributed by atoms with van der Waals surface area (Å²) in [5, 5.41) is 3.94. The minimum Gasteiger partial charge on any atom is -0.308 e. The molecule has 0 spiro atoms. The number of piperazine rings is 1. The highest BCUT2D eigenvalue weighted by atomic mass is 15.3. The topological polar surface area (TPSA) is 15.3 Å². The minimum absolute atomic E-state index is 0.390. The highest BCUT2D eigenvalue weighted by Gasteiger charge is 2.67. The van der Waals surface area contributed by atoms with E-state index in [1.807, 2.05) is 0 Å². The third kappa shape index (κ3) is 2.05. The van der Waals surface area contributed by atoms with E-state index in [-0.39, 0.29) is 0 Å². The summed E-state index contributed by atoms with van der Waals surface area (Å²) in [6.07, 6.45) is 7.23. The van der Waals surface area contributed by atoms with E-state index >= 15 is 0 Å². The number of rotatable bonds is 4. The zero-order chi connectivity index (χ0) is 14.8. The zero-order valence-electron chi connectivity index (χ0n) is 14.4. The van der Waals surface area contributed by atoms with E-state index in [4.69, 9.17) is 0 Å². The molecule has 0 amide bonds. The Bertz CT molecular complexity index is 384. The fourth-order valence-electron chi connectivity index (χ4n) is 6.35. The fraction of sp³-hybridized carbons (Fsp3) is 1.00. The van der Waals surface area contributed by atoms with E-state index in [1.54, 1.807) is 19.3 Å². The maximum Gasteiger partial charge on any atom is 0.0304 e. The van der Waals surface area contributed by atoms with Gasteiger partial charge in [-0.05, 0) is 61.7 Å². The van der Waals surface area contributed by atoms with Crippen molar-refractivity contribution in [3.63, 3.8) is 0 Å². The second-order valence-corrected chi connectivity index (χ2v) is 8.83. The van der Waals surface area contributed by atoms with E-state index in [1.165, 1.54) is 25.9 Å². The van der Waals surface area contributed by atoms with Gasteiger partial charge in [-0.2, -0.15) is 0 Å². The Balaban J connectivity index is 1.55. The molecule has 1 saturated heterocycles. The molecule has 1 N–H and O–H groups in total. The van der Waals surface area contributed by atoms with Gasteiger partial charge < -0.3 is 5.32 Å². The van der Waals surface area contributed by atoms with Gasteiger partial charge in [-0.3, -0.25) is 4.90 Å². The van der Waals surface area contributed by atoms with Crippen LogP contribution < -0.4 is 5.32 Å². The van der Waals surface area contributed by atoms with Crippen LogP contribution in [0.2, 0.25) is 0 Å². The van der Waals surface area contributed by atoms with Gasteiger partial charge in [0.15, 0.2) is 0 Å². The van der Waals surface area contributed by atoms with E-state index < -0.39 is 0 Å². The molecule has 2 bridgehead atoms. The third-order valence-electron chi connectivity index (χ3n) is 7.80. The van der Waals surface area contributed by atoms with Gasteiger partial charge in [0, 0.05) is 30.7 Å². The molecule has 1 aliphatic heterocycles. The van der Waals surface area contributed by atoms with Crippen molar-refractivity contribution in [3.05, 3.63) is 0 Å². The molecule has 5 unspecified atom stereocenters. The van der Waals surface area contributed by atoms with Crippen LogP contribution in [-0.2, 0) is 0 Å². The number of hydrogen-bond acceptors (Lipinski definition) is 2. The maximum atomic E-state index is 3.94. The molecule has 3 aliphatic carbocycles. The first-order chi connectivity index (χ1) is 10.1. The Kier molecular flexibility index (Phi) is 3.43. The van der Waals surface area contributed by atoms with Gasteiger partial charge in [-0.25, -0.2) is 0 Å². The van der Waals surface area contributed by atoms with Crippen molar-refractivity contribution in [3.8, 4) is 0 Å². The molecule has 120 valence electrons. The molecule has 5 atom stereocenters. The largest absolute Gasteiger partial charge is 0.308 e. The second kappa shape index (κ2) is 4.96. The number of nitrogens with one attached hydrogen (secondary N) is 1. The van der Waals surface area contributed by atoms with E-state index in [0.717, 1.165) is 41.7 Å². The predicted octanol–water partition coefficient (Wildman–Crippen LogP) is 3.52. The SMILES string of the molecule is CCC1(CC)CN(C2C3C4CCC(C4)C32)C(C(C)C)CN1. The van der Waals surface area contributed by atoms with E-state index in [2.05, 4.69) is 37.9 Å². The molecule has 0 aromatic carbocycles. The molecule has 21 heavy (non-hydrogen) atoms. The van der Waals surface area contributed by atoms with Crippen molar-refractivity contribution >= 4 is 0 Å². The van der Waals surface area contributed by atoms with Crippen molar-refractivity contribution in [2.24, 2.45) is 29.6 Å². The lowest BCUT2D eigenvalue weighted by Gasteiger charge is -2.50. The van der Waals surface area contributed by atoms with Crippen LogP contribution in [0.15, 0.2) is 0 Å². The smallest absolute Gasteiger partial charge is 0.0304 e. The van der Waals surface area contributed by atoms with Crippen molar-refractivity contribution < 1.29 is 0 Å². The van der Waals surface area contributed by atoms with Gasteiger partial charge in [0.2, 0.25) is 0 Å². The van der Waals surface area contributed by atoms with Gasteiger partial charge in [0.05, 0.1) is 0 Å². The van der Waals surface area contributed by atoms with E-state index in [0.29, 0.717) is 5.54 Å². The molecule has 2 heteroatoms. The molecule has 1 heterocycles. The monoisotopic (exact) mass is 290 g/mol. The summed E-state index contributed by atoms with van der Waals surface area (Å²) >= 11 is 0. The Hall–Kier alpha value is -0.0800. The summed E-state index contributed by atoms with van der Waals surface area (Å²) in [7, 11) is 0. The lowest BCUT2D eigenvalue weighted by atomic mass is 9.85. The molecular weight excluding hydrogens is 256 g/mol. The standard InChI is InChI=1S/C19H34N2/c1-5-19(6-2)11-21(15(10-20-19)12(3)4)18-16-13-7-8-14(9-13)17(16)18/h12-18,20H,5-11H2,1-4H3. The van der Waals surface area contributed by atoms with Crippen LogP contribution >= 0.6 is 0 Å². The fourth-order valence-corrected chi connectivity index (χ4v) is 6.35. The summed E-state index contributed by atoms with van der Waals surface area (Å²) in [6, 6.07) is 1.73. The van der Waals surface area contributed by atoms with Crippen LogP contribution in [0.3, 0.4) is 0 Å². The van der Waals surface area contributed by atoms with Gasteiger partial charge in [0.1, 0.15) is 0 Å². The van der Waals surface area contributed by atoms with Gasteiger partial charge in [0.25, 0.3) is 0 Å². The minimum atomic E-state index is 0.390. The van der Waals surface area contributed by atoms with Gasteiger partial charge in [-0.15, -0.1) is 0 Å². The van der Waals surface area contributed by atoms with Crippen LogP contribution in [0.5, 0.6) is 0 Å². The molecule has 4 fully saturated rings. The Morgan fingerprint density at radius 3 is 2.24 bits per heavy atom. The number of hydrogen-bond donors (Lipinski definition) is 1. The summed E-state index contributed by atoms with van der Waals surface area (Å²) in [5.74, 6) is 5.17. The molecule has 4 aliphatic rings. The summed E-state index contributed by atoms with van der Waals surface area (Å²) < 4.78 is 0. The molecule has 3 saturated carbocycles. The van der Waals surface area contributed by atoms with Crippen LogP contribution in [0.25, 0.3) is 0 Å². The Morgan fingerprint density at radius 1 is 1.10 bits per heavy atom. The van der Waals surface area contributed by atoms with Crippen LogP contribution in [0.1, 0.15) is 59.8 Å². The molecule has 0 aromatic rings. The number of fused-ring (bicyclic) bond motifs is 5. The predicted molar refractivity (Wildman–Crippen MR) is 88.2 cm³/mol. The molecule has 4 rings (SSSR count). The van der Waals surface area contributed by atoms with Crippen molar-refractivity contribution in [1.29, 1.82) is 0 Å².